The lowest BCUT2D eigenvalue weighted by Gasteiger charge is -2.46. The van der Waals surface area contributed by atoms with Gasteiger partial charge in [-0.15, -0.1) is 0 Å². The molecule has 3 aliphatic rings. The lowest BCUT2D eigenvalue weighted by atomic mass is 9.60. The molecule has 4 heteroatoms. The predicted octanol–water partition coefficient (Wildman–Crippen LogP) is 1.30. The molecular weight excluding hydrogens is 182 g/mol. The van der Waals surface area contributed by atoms with Crippen LogP contribution in [0.1, 0.15) is 26.7 Å². The minimum atomic E-state index is -0.354. The normalized spacial score (nSPS) is 41.4. The second-order valence-electron chi connectivity index (χ2n) is 4.81. The number of nitrogens with one attached hydrogen (secondary N) is 1. The van der Waals surface area contributed by atoms with Crippen LogP contribution in [0, 0.1) is 5.41 Å². The van der Waals surface area contributed by atoms with Gasteiger partial charge in [0.05, 0.1) is 19.3 Å². The zero-order valence-electron chi connectivity index (χ0n) is 8.92. The van der Waals surface area contributed by atoms with Crippen molar-refractivity contribution < 1.29 is 14.3 Å². The Bertz CT molecular complexity index is 258. The molecule has 3 rings (SSSR count). The molecule has 1 aliphatic carbocycles. The summed E-state index contributed by atoms with van der Waals surface area (Å²) in [7, 11) is 1.38. The summed E-state index contributed by atoms with van der Waals surface area (Å²) in [5.74, 6) is 0. The standard InChI is InChI=1S/C10H17NO3/c1-7(11-8(12)13-3)10-4-9(2,5-10)14-6-10/h7H,4-6H2,1-3H3,(H,11,12). The molecule has 1 atom stereocenters. The van der Waals surface area contributed by atoms with Gasteiger partial charge in [0.2, 0.25) is 0 Å². The molecule has 0 aromatic rings. The predicted molar refractivity (Wildman–Crippen MR) is 51.0 cm³/mol. The summed E-state index contributed by atoms with van der Waals surface area (Å²) < 4.78 is 10.2. The largest absolute Gasteiger partial charge is 0.453 e. The molecule has 0 aromatic carbocycles. The van der Waals surface area contributed by atoms with Crippen molar-refractivity contribution in [3.05, 3.63) is 0 Å². The van der Waals surface area contributed by atoms with Crippen LogP contribution in [0.15, 0.2) is 0 Å². The van der Waals surface area contributed by atoms with Gasteiger partial charge in [0, 0.05) is 11.5 Å². The molecule has 14 heavy (non-hydrogen) atoms. The lowest BCUT2D eigenvalue weighted by molar-refractivity contribution is -0.00454. The third-order valence-corrected chi connectivity index (χ3v) is 3.60. The van der Waals surface area contributed by atoms with Crippen molar-refractivity contribution in [1.82, 2.24) is 5.32 Å². The number of carbonyl (C=O) groups is 1. The monoisotopic (exact) mass is 199 g/mol. The fraction of sp³-hybridized carbons (Fsp3) is 0.900. The average Bonchev–Trinajstić information content (AvgIpc) is 2.58. The molecule has 2 aliphatic heterocycles. The lowest BCUT2D eigenvalue weighted by Crippen LogP contribution is -2.54. The van der Waals surface area contributed by atoms with Crippen molar-refractivity contribution in [1.29, 1.82) is 0 Å². The first-order chi connectivity index (χ1) is 6.50. The Hall–Kier alpha value is -0.770. The van der Waals surface area contributed by atoms with Crippen molar-refractivity contribution in [2.75, 3.05) is 13.7 Å². The molecule has 1 unspecified atom stereocenters. The van der Waals surface area contributed by atoms with E-state index in [1.165, 1.54) is 7.11 Å². The molecule has 4 nitrogen and oxygen atoms in total. The van der Waals surface area contributed by atoms with Gasteiger partial charge in [-0.2, -0.15) is 0 Å². The summed E-state index contributed by atoms with van der Waals surface area (Å²) in [5, 5.41) is 2.83. The van der Waals surface area contributed by atoms with Crippen molar-refractivity contribution in [3.63, 3.8) is 0 Å². The summed E-state index contributed by atoms with van der Waals surface area (Å²) in [6.45, 7) is 4.91. The number of carbonyl (C=O) groups excluding carboxylic acids is 1. The number of ether oxygens (including phenoxy) is 2. The first-order valence-corrected chi connectivity index (χ1v) is 4.98. The molecule has 0 radical (unpaired) electrons. The fourth-order valence-corrected chi connectivity index (χ4v) is 2.78. The number of hydrogen-bond donors (Lipinski definition) is 1. The second-order valence-corrected chi connectivity index (χ2v) is 4.81. The van der Waals surface area contributed by atoms with Crippen molar-refractivity contribution in [3.8, 4) is 0 Å². The van der Waals surface area contributed by atoms with E-state index in [1.54, 1.807) is 0 Å². The van der Waals surface area contributed by atoms with Gasteiger partial charge in [-0.25, -0.2) is 4.79 Å². The second kappa shape index (κ2) is 2.86. The fourth-order valence-electron chi connectivity index (χ4n) is 2.78. The maximum atomic E-state index is 11.0. The van der Waals surface area contributed by atoms with Crippen LogP contribution >= 0.6 is 0 Å². The van der Waals surface area contributed by atoms with E-state index in [0.29, 0.717) is 0 Å². The number of methoxy groups -OCH3 is 1. The van der Waals surface area contributed by atoms with Gasteiger partial charge in [-0.3, -0.25) is 0 Å². The van der Waals surface area contributed by atoms with Crippen molar-refractivity contribution in [2.45, 2.75) is 38.3 Å². The van der Waals surface area contributed by atoms with Crippen LogP contribution in [-0.2, 0) is 9.47 Å². The van der Waals surface area contributed by atoms with Gasteiger partial charge in [0.15, 0.2) is 0 Å². The number of hydrogen-bond acceptors (Lipinski definition) is 3. The molecule has 2 heterocycles. The van der Waals surface area contributed by atoms with E-state index in [4.69, 9.17) is 4.74 Å². The van der Waals surface area contributed by atoms with Crippen molar-refractivity contribution >= 4 is 6.09 Å². The van der Waals surface area contributed by atoms with Gasteiger partial charge in [-0.05, 0) is 26.7 Å². The van der Waals surface area contributed by atoms with Gasteiger partial charge in [0.25, 0.3) is 0 Å². The van der Waals surface area contributed by atoms with Gasteiger partial charge < -0.3 is 14.8 Å². The van der Waals surface area contributed by atoms with Crippen LogP contribution in [0.5, 0.6) is 0 Å². The summed E-state index contributed by atoms with van der Waals surface area (Å²) in [6, 6.07) is 0.130. The van der Waals surface area contributed by atoms with E-state index in [0.717, 1.165) is 19.4 Å². The first-order valence-electron chi connectivity index (χ1n) is 4.98. The maximum absolute atomic E-state index is 11.0. The summed E-state index contributed by atoms with van der Waals surface area (Å²) in [5.41, 5.74) is 0.231. The minimum absolute atomic E-state index is 0.0755. The molecule has 2 bridgehead atoms. The van der Waals surface area contributed by atoms with Crippen molar-refractivity contribution in [2.24, 2.45) is 5.41 Å². The molecule has 1 saturated carbocycles. The molecule has 3 fully saturated rings. The highest BCUT2D eigenvalue weighted by molar-refractivity contribution is 5.67. The van der Waals surface area contributed by atoms with Gasteiger partial charge in [0.1, 0.15) is 0 Å². The quantitative estimate of drug-likeness (QED) is 0.729. The Kier molecular flexibility index (Phi) is 2.00. The zero-order valence-corrected chi connectivity index (χ0v) is 8.92. The molecule has 1 N–H and O–H groups in total. The van der Waals surface area contributed by atoms with E-state index in [-0.39, 0.29) is 23.2 Å². The summed E-state index contributed by atoms with van der Waals surface area (Å²) in [4.78, 5) is 11.0. The van der Waals surface area contributed by atoms with Crippen LogP contribution in [0.2, 0.25) is 0 Å². The molecule has 0 aromatic heterocycles. The Labute approximate surface area is 84.0 Å². The third-order valence-electron chi connectivity index (χ3n) is 3.60. The highest BCUT2D eigenvalue weighted by atomic mass is 16.5. The van der Waals surface area contributed by atoms with Crippen LogP contribution in [0.3, 0.4) is 0 Å². The van der Waals surface area contributed by atoms with E-state index in [1.807, 2.05) is 6.92 Å². The Morgan fingerprint density at radius 1 is 1.57 bits per heavy atom. The summed E-state index contributed by atoms with van der Waals surface area (Å²) in [6.07, 6.45) is 1.74. The van der Waals surface area contributed by atoms with Gasteiger partial charge in [-0.1, -0.05) is 0 Å². The van der Waals surface area contributed by atoms with E-state index in [2.05, 4.69) is 17.0 Å². The number of rotatable bonds is 2. The Morgan fingerprint density at radius 3 is 2.64 bits per heavy atom. The number of alkyl carbamates (subject to hydrolysis) is 1. The van der Waals surface area contributed by atoms with Crippen LogP contribution in [0.4, 0.5) is 4.79 Å². The Balaban J connectivity index is 1.94. The van der Waals surface area contributed by atoms with E-state index < -0.39 is 0 Å². The molecule has 2 saturated heterocycles. The molecular formula is C10H17NO3. The highest BCUT2D eigenvalue weighted by Gasteiger charge is 2.62. The number of amides is 1. The Morgan fingerprint density at radius 2 is 2.21 bits per heavy atom. The number of fused-ring (bicyclic) bond motifs is 1. The summed E-state index contributed by atoms with van der Waals surface area (Å²) >= 11 is 0. The van der Waals surface area contributed by atoms with Gasteiger partial charge >= 0.3 is 6.09 Å². The maximum Gasteiger partial charge on any atom is 0.407 e. The molecule has 0 spiro atoms. The van der Waals surface area contributed by atoms with Crippen LogP contribution in [-0.4, -0.2) is 31.5 Å². The first kappa shape index (κ1) is 9.77. The van der Waals surface area contributed by atoms with Crippen LogP contribution < -0.4 is 5.32 Å². The highest BCUT2D eigenvalue weighted by Crippen LogP contribution is 2.59. The SMILES string of the molecule is COC(=O)NC(C)C12COC(C)(C1)C2. The topological polar surface area (TPSA) is 47.6 Å². The molecule has 80 valence electrons. The van der Waals surface area contributed by atoms with E-state index >= 15 is 0 Å². The molecule has 1 amide bonds. The van der Waals surface area contributed by atoms with E-state index in [9.17, 15) is 4.79 Å². The zero-order chi connectivity index (χ0) is 10.4. The third kappa shape index (κ3) is 1.29. The smallest absolute Gasteiger partial charge is 0.407 e. The average molecular weight is 199 g/mol. The minimum Gasteiger partial charge on any atom is -0.453 e. The van der Waals surface area contributed by atoms with Crippen LogP contribution in [0.25, 0.3) is 0 Å².